The molecule has 0 radical (unpaired) electrons. The van der Waals surface area contributed by atoms with Crippen LogP contribution in [0.4, 0.5) is 10.1 Å². The number of hydrogen-bond donors (Lipinski definition) is 2. The molecule has 0 aliphatic carbocycles. The maximum atomic E-state index is 14.4. The summed E-state index contributed by atoms with van der Waals surface area (Å²) in [5.74, 6) is -1.98. The number of aromatic nitrogens is 1. The molecule has 10 heteroatoms. The molecule has 8 nitrogen and oxygen atoms in total. The molecular weight excluding hydrogens is 415 g/mol. The Balaban J connectivity index is 1.88. The van der Waals surface area contributed by atoms with E-state index in [9.17, 15) is 22.7 Å². The van der Waals surface area contributed by atoms with E-state index in [1.807, 2.05) is 0 Å². The largest absolute Gasteiger partial charge is 0.505 e. The lowest BCUT2D eigenvalue weighted by Crippen LogP contribution is -2.17. The van der Waals surface area contributed by atoms with Crippen molar-refractivity contribution in [1.82, 2.24) is 4.98 Å². The number of hydrogen-bond acceptors (Lipinski definition) is 7. The monoisotopic (exact) mass is 430 g/mol. The van der Waals surface area contributed by atoms with E-state index in [0.717, 1.165) is 18.3 Å². The molecule has 0 atom stereocenters. The zero-order valence-electron chi connectivity index (χ0n) is 15.3. The maximum Gasteiger partial charge on any atom is 0.357 e. The molecule has 4 bridgehead atoms. The molecule has 30 heavy (non-hydrogen) atoms. The van der Waals surface area contributed by atoms with Crippen LogP contribution >= 0.6 is 0 Å². The van der Waals surface area contributed by atoms with Crippen LogP contribution in [0.5, 0.6) is 11.5 Å². The summed E-state index contributed by atoms with van der Waals surface area (Å²) in [5.41, 5.74) is 0.413. The predicted molar refractivity (Wildman–Crippen MR) is 104 cm³/mol. The molecule has 2 N–H and O–H groups in total. The van der Waals surface area contributed by atoms with Crippen molar-refractivity contribution in [3.63, 3.8) is 0 Å². The Morgan fingerprint density at radius 3 is 2.67 bits per heavy atom. The number of carbonyl (C=O) groups is 1. The molecule has 1 aliphatic rings. The highest BCUT2D eigenvalue weighted by molar-refractivity contribution is 7.92. The molecule has 3 aromatic rings. The second-order valence-corrected chi connectivity index (χ2v) is 7.97. The number of sulfonamides is 1. The lowest BCUT2D eigenvalue weighted by molar-refractivity contribution is 0.0443. The van der Waals surface area contributed by atoms with Crippen molar-refractivity contribution in [3.8, 4) is 22.6 Å². The van der Waals surface area contributed by atoms with Gasteiger partial charge in [-0.15, -0.1) is 0 Å². The highest BCUT2D eigenvalue weighted by atomic mass is 32.2. The number of anilines is 1. The minimum absolute atomic E-state index is 0.0261. The summed E-state index contributed by atoms with van der Waals surface area (Å²) in [4.78, 5) is 15.2. The van der Waals surface area contributed by atoms with E-state index in [0.29, 0.717) is 16.9 Å². The second kappa shape index (κ2) is 7.64. The lowest BCUT2D eigenvalue weighted by Gasteiger charge is -2.13. The molecule has 1 aliphatic heterocycles. The lowest BCUT2D eigenvalue weighted by atomic mass is 10.0. The molecule has 0 spiro atoms. The van der Waals surface area contributed by atoms with Gasteiger partial charge in [0, 0.05) is 5.56 Å². The van der Waals surface area contributed by atoms with Crippen LogP contribution in [0.25, 0.3) is 11.1 Å². The first-order valence-corrected chi connectivity index (χ1v) is 10.2. The van der Waals surface area contributed by atoms with Gasteiger partial charge in [-0.3, -0.25) is 4.72 Å². The van der Waals surface area contributed by atoms with Gasteiger partial charge in [-0.25, -0.2) is 22.6 Å². The van der Waals surface area contributed by atoms with Gasteiger partial charge < -0.3 is 14.6 Å². The Morgan fingerprint density at radius 2 is 1.83 bits per heavy atom. The second-order valence-electron chi connectivity index (χ2n) is 6.32. The van der Waals surface area contributed by atoms with E-state index >= 15 is 0 Å². The van der Waals surface area contributed by atoms with Gasteiger partial charge in [-0.2, -0.15) is 0 Å². The Labute approximate surface area is 171 Å². The summed E-state index contributed by atoms with van der Waals surface area (Å²) in [6, 6.07) is 11.7. The molecule has 0 saturated carbocycles. The average molecular weight is 430 g/mol. The highest BCUT2D eigenvalue weighted by Crippen LogP contribution is 2.34. The average Bonchev–Trinajstić information content (AvgIpc) is 2.72. The summed E-state index contributed by atoms with van der Waals surface area (Å²) in [5, 5.41) is 9.97. The van der Waals surface area contributed by atoms with E-state index in [-0.39, 0.29) is 24.6 Å². The first-order chi connectivity index (χ1) is 14.3. The summed E-state index contributed by atoms with van der Waals surface area (Å²) in [6.07, 6.45) is 0.808. The number of halogens is 1. The number of pyridine rings is 1. The molecule has 2 heterocycles. The SMILES string of the molecule is O=C1OCCOc2ccccc2-c2ccc(F)c(c2)NS(=O)(=O)c2cc1ncc2O. The van der Waals surface area contributed by atoms with Crippen molar-refractivity contribution in [2.75, 3.05) is 17.9 Å². The Kier molecular flexibility index (Phi) is 5.00. The van der Waals surface area contributed by atoms with Gasteiger partial charge in [0.2, 0.25) is 0 Å². The van der Waals surface area contributed by atoms with Crippen molar-refractivity contribution in [1.29, 1.82) is 0 Å². The van der Waals surface area contributed by atoms with Crippen LogP contribution in [0.2, 0.25) is 0 Å². The third-order valence-electron chi connectivity index (χ3n) is 4.33. The molecule has 0 fully saturated rings. The number of cyclic esters (lactones) is 1. The number of carbonyl (C=O) groups excluding carboxylic acids is 1. The smallest absolute Gasteiger partial charge is 0.357 e. The minimum atomic E-state index is -4.45. The Hall–Kier alpha value is -3.66. The van der Waals surface area contributed by atoms with Crippen molar-refractivity contribution in [2.24, 2.45) is 0 Å². The number of benzene rings is 2. The van der Waals surface area contributed by atoms with Gasteiger partial charge in [-0.05, 0) is 29.8 Å². The van der Waals surface area contributed by atoms with Crippen LogP contribution < -0.4 is 9.46 Å². The fraction of sp³-hybridized carbons (Fsp3) is 0.100. The number of esters is 1. The zero-order chi connectivity index (χ0) is 21.3. The molecule has 154 valence electrons. The van der Waals surface area contributed by atoms with Crippen LogP contribution in [0.15, 0.2) is 59.6 Å². The standard InChI is InChI=1S/C20H15FN2O6S/c21-14-6-5-12-9-15(14)23-30(26,27)19-10-16(22-11-17(19)24)20(25)29-8-7-28-18-4-2-1-3-13(12)18/h1-6,9-11,23-24H,7-8H2. The quantitative estimate of drug-likeness (QED) is 0.527. The maximum absolute atomic E-state index is 14.4. The Bertz CT molecular complexity index is 1250. The van der Waals surface area contributed by atoms with Gasteiger partial charge >= 0.3 is 5.97 Å². The van der Waals surface area contributed by atoms with Gasteiger partial charge in [0.15, 0.2) is 5.75 Å². The third-order valence-corrected chi connectivity index (χ3v) is 5.72. The predicted octanol–water partition coefficient (Wildman–Crippen LogP) is 2.94. The summed E-state index contributed by atoms with van der Waals surface area (Å²) in [6.45, 7) is -0.0942. The van der Waals surface area contributed by atoms with Crippen LogP contribution in [0.3, 0.4) is 0 Å². The first kappa shape index (κ1) is 19.6. The summed E-state index contributed by atoms with van der Waals surface area (Å²) >= 11 is 0. The number of fused-ring (bicyclic) bond motifs is 6. The van der Waals surface area contributed by atoms with Gasteiger partial charge in [0.25, 0.3) is 10.0 Å². The zero-order valence-corrected chi connectivity index (χ0v) is 16.1. The van der Waals surface area contributed by atoms with E-state index in [1.54, 1.807) is 24.3 Å². The van der Waals surface area contributed by atoms with Crippen molar-refractivity contribution in [2.45, 2.75) is 4.90 Å². The fourth-order valence-electron chi connectivity index (χ4n) is 2.92. The van der Waals surface area contributed by atoms with Crippen molar-refractivity contribution >= 4 is 21.7 Å². The number of aromatic hydroxyl groups is 1. The molecule has 2 aromatic carbocycles. The van der Waals surface area contributed by atoms with E-state index in [1.165, 1.54) is 12.1 Å². The number of nitrogens with zero attached hydrogens (tertiary/aromatic N) is 1. The number of rotatable bonds is 0. The molecule has 0 amide bonds. The Morgan fingerprint density at radius 1 is 1.07 bits per heavy atom. The van der Waals surface area contributed by atoms with Crippen LogP contribution in [0.1, 0.15) is 10.5 Å². The normalized spacial score (nSPS) is 15.4. The van der Waals surface area contributed by atoms with Gasteiger partial charge in [0.05, 0.1) is 11.9 Å². The van der Waals surface area contributed by atoms with Crippen molar-refractivity contribution < 1.29 is 32.2 Å². The summed E-state index contributed by atoms with van der Waals surface area (Å²) < 4.78 is 52.8. The molecule has 0 unspecified atom stereocenters. The third kappa shape index (κ3) is 3.77. The van der Waals surface area contributed by atoms with E-state index in [2.05, 4.69) is 9.71 Å². The number of para-hydroxylation sites is 1. The van der Waals surface area contributed by atoms with Gasteiger partial charge in [0.1, 0.15) is 35.4 Å². The summed E-state index contributed by atoms with van der Waals surface area (Å²) in [7, 11) is -4.45. The molecular formula is C20H15FN2O6S. The van der Waals surface area contributed by atoms with Gasteiger partial charge in [-0.1, -0.05) is 24.3 Å². The molecule has 0 saturated heterocycles. The number of ether oxygens (including phenoxy) is 2. The number of nitrogens with one attached hydrogen (secondary N) is 1. The topological polar surface area (TPSA) is 115 Å². The van der Waals surface area contributed by atoms with Crippen LogP contribution in [0, 0.1) is 5.82 Å². The van der Waals surface area contributed by atoms with E-state index in [4.69, 9.17) is 9.47 Å². The highest BCUT2D eigenvalue weighted by Gasteiger charge is 2.24. The fourth-order valence-corrected chi connectivity index (χ4v) is 4.07. The molecule has 1 aromatic heterocycles. The van der Waals surface area contributed by atoms with Crippen LogP contribution in [-0.4, -0.2) is 37.7 Å². The van der Waals surface area contributed by atoms with Crippen molar-refractivity contribution in [3.05, 3.63) is 66.2 Å². The first-order valence-electron chi connectivity index (χ1n) is 8.76. The van der Waals surface area contributed by atoms with Crippen LogP contribution in [-0.2, 0) is 14.8 Å². The minimum Gasteiger partial charge on any atom is -0.505 e. The van der Waals surface area contributed by atoms with E-state index < -0.39 is 32.5 Å². The molecule has 4 rings (SSSR count).